The Hall–Kier alpha value is -4.50. The summed E-state index contributed by atoms with van der Waals surface area (Å²) in [5.74, 6) is -1.86. The number of carbonyl (C=O) groups is 4. The van der Waals surface area contributed by atoms with Crippen LogP contribution >= 0.6 is 0 Å². The first kappa shape index (κ1) is 29.6. The van der Waals surface area contributed by atoms with Crippen LogP contribution in [-0.2, 0) is 30.5 Å². The second-order valence-electron chi connectivity index (χ2n) is 11.9. The van der Waals surface area contributed by atoms with E-state index in [2.05, 4.69) is 29.6 Å². The van der Waals surface area contributed by atoms with Gasteiger partial charge in [-0.3, -0.25) is 24.2 Å². The molecule has 3 aliphatic rings. The maximum atomic E-state index is 14.0. The summed E-state index contributed by atoms with van der Waals surface area (Å²) in [4.78, 5) is 56.4. The first-order chi connectivity index (χ1) is 21.4. The lowest BCUT2D eigenvalue weighted by molar-refractivity contribution is -0.158. The van der Waals surface area contributed by atoms with E-state index in [0.29, 0.717) is 25.9 Å². The van der Waals surface area contributed by atoms with Gasteiger partial charge in [-0.2, -0.15) is 0 Å². The Morgan fingerprint density at radius 3 is 2.18 bits per heavy atom. The van der Waals surface area contributed by atoms with Gasteiger partial charge in [0.05, 0.1) is 6.04 Å². The largest absolute Gasteiger partial charge is 0.459 e. The van der Waals surface area contributed by atoms with Crippen LogP contribution in [0.25, 0.3) is 11.1 Å². The Morgan fingerprint density at radius 1 is 0.864 bits per heavy atom. The Bertz CT molecular complexity index is 1490. The average Bonchev–Trinajstić information content (AvgIpc) is 3.80. The van der Waals surface area contributed by atoms with Crippen molar-refractivity contribution in [1.29, 1.82) is 0 Å². The maximum Gasteiger partial charge on any atom is 0.410 e. The van der Waals surface area contributed by atoms with E-state index in [0.717, 1.165) is 39.1 Å². The van der Waals surface area contributed by atoms with E-state index in [1.165, 1.54) is 4.90 Å². The van der Waals surface area contributed by atoms with Crippen molar-refractivity contribution in [2.24, 2.45) is 5.92 Å². The number of benzene rings is 3. The molecular formula is C35H37N3O6. The number of hydrogen-bond acceptors (Lipinski definition) is 7. The van der Waals surface area contributed by atoms with Crippen LogP contribution in [0.3, 0.4) is 0 Å². The smallest absolute Gasteiger partial charge is 0.410 e. The van der Waals surface area contributed by atoms with E-state index in [1.54, 1.807) is 0 Å². The van der Waals surface area contributed by atoms with Crippen molar-refractivity contribution in [3.63, 3.8) is 0 Å². The van der Waals surface area contributed by atoms with Crippen LogP contribution in [0.15, 0.2) is 78.9 Å². The zero-order valence-corrected chi connectivity index (χ0v) is 24.8. The Morgan fingerprint density at radius 2 is 1.52 bits per heavy atom. The fourth-order valence-electron chi connectivity index (χ4n) is 6.60. The summed E-state index contributed by atoms with van der Waals surface area (Å²) in [5, 5.41) is 3.12. The van der Waals surface area contributed by atoms with Crippen molar-refractivity contribution in [1.82, 2.24) is 15.1 Å². The first-order valence-corrected chi connectivity index (χ1v) is 15.3. The summed E-state index contributed by atoms with van der Waals surface area (Å²) in [7, 11) is 0. The van der Waals surface area contributed by atoms with Gasteiger partial charge in [0, 0.05) is 12.5 Å². The number of ether oxygens (including phenoxy) is 2. The van der Waals surface area contributed by atoms with Gasteiger partial charge in [-0.05, 0) is 59.5 Å². The second-order valence-corrected chi connectivity index (χ2v) is 11.9. The highest BCUT2D eigenvalue weighted by Crippen LogP contribution is 2.44. The molecular weight excluding hydrogens is 558 g/mol. The van der Waals surface area contributed by atoms with Crippen LogP contribution in [0.5, 0.6) is 0 Å². The number of imide groups is 1. The highest BCUT2D eigenvalue weighted by atomic mass is 16.6. The SMILES string of the molecule is C[C@@H]1C[C@@H](C(=O)N(CC(=O)OCc2ccccc2)C(=O)[C@@H]2CCCN2)N(C(=O)OCC2c3ccccc3-c3ccccc32)C1. The molecule has 0 bridgehead atoms. The molecule has 0 unspecified atom stereocenters. The van der Waals surface area contributed by atoms with Crippen molar-refractivity contribution in [3.05, 3.63) is 95.6 Å². The lowest BCUT2D eigenvalue weighted by Crippen LogP contribution is -2.55. The highest BCUT2D eigenvalue weighted by molar-refractivity contribution is 6.03. The third-order valence-corrected chi connectivity index (χ3v) is 8.79. The molecule has 3 aromatic carbocycles. The lowest BCUT2D eigenvalue weighted by Gasteiger charge is -2.30. The molecule has 0 spiro atoms. The first-order valence-electron chi connectivity index (χ1n) is 15.3. The third kappa shape index (κ3) is 6.10. The summed E-state index contributed by atoms with van der Waals surface area (Å²) < 4.78 is 11.3. The molecule has 2 fully saturated rings. The molecule has 9 nitrogen and oxygen atoms in total. The average molecular weight is 596 g/mol. The number of esters is 1. The molecule has 1 aliphatic carbocycles. The van der Waals surface area contributed by atoms with Gasteiger partial charge in [0.2, 0.25) is 5.91 Å². The molecule has 0 aromatic heterocycles. The van der Waals surface area contributed by atoms with Gasteiger partial charge in [-0.15, -0.1) is 0 Å². The molecule has 3 aromatic rings. The minimum atomic E-state index is -0.923. The van der Waals surface area contributed by atoms with Crippen molar-refractivity contribution in [3.8, 4) is 11.1 Å². The van der Waals surface area contributed by atoms with E-state index < -0.39 is 42.5 Å². The molecule has 0 saturated carbocycles. The van der Waals surface area contributed by atoms with Crippen molar-refractivity contribution >= 4 is 23.9 Å². The van der Waals surface area contributed by atoms with Crippen LogP contribution in [0.1, 0.15) is 48.8 Å². The molecule has 3 atom stereocenters. The van der Waals surface area contributed by atoms with Gasteiger partial charge in [0.1, 0.15) is 25.8 Å². The van der Waals surface area contributed by atoms with Gasteiger partial charge in [-0.25, -0.2) is 4.79 Å². The molecule has 3 amide bonds. The van der Waals surface area contributed by atoms with Crippen LogP contribution < -0.4 is 5.32 Å². The minimum Gasteiger partial charge on any atom is -0.459 e. The fourth-order valence-corrected chi connectivity index (χ4v) is 6.60. The Balaban J connectivity index is 1.16. The van der Waals surface area contributed by atoms with Gasteiger partial charge in [0.15, 0.2) is 0 Å². The summed E-state index contributed by atoms with van der Waals surface area (Å²) in [5.41, 5.74) is 5.24. The predicted octanol–water partition coefficient (Wildman–Crippen LogP) is 4.50. The lowest BCUT2D eigenvalue weighted by atomic mass is 9.98. The number of nitrogens with one attached hydrogen (secondary N) is 1. The third-order valence-electron chi connectivity index (χ3n) is 8.79. The molecule has 2 aliphatic heterocycles. The quantitative estimate of drug-likeness (QED) is 0.302. The normalized spacial score (nSPS) is 20.6. The monoisotopic (exact) mass is 595 g/mol. The van der Waals surface area contributed by atoms with Crippen molar-refractivity contribution in [2.45, 2.75) is 50.8 Å². The van der Waals surface area contributed by atoms with Gasteiger partial charge < -0.3 is 14.8 Å². The second kappa shape index (κ2) is 13.0. The molecule has 2 saturated heterocycles. The maximum absolute atomic E-state index is 14.0. The summed E-state index contributed by atoms with van der Waals surface area (Å²) >= 11 is 0. The Labute approximate surface area is 257 Å². The standard InChI is InChI=1S/C35H37N3O6/c1-23-18-31(34(41)38(33(40)30-16-9-17-36-30)20-32(39)43-21-24-10-3-2-4-11-24)37(19-23)35(42)44-22-29-27-14-7-5-12-25(27)26-13-6-8-15-28(26)29/h2-8,10-15,23,29-31,36H,9,16-22H2,1H3/t23-,30+,31+/m1/s1. The number of fused-ring (bicyclic) bond motifs is 3. The van der Waals surface area contributed by atoms with E-state index in [1.807, 2.05) is 61.5 Å². The van der Waals surface area contributed by atoms with E-state index in [-0.39, 0.29) is 25.0 Å². The summed E-state index contributed by atoms with van der Waals surface area (Å²) in [6.07, 6.45) is 1.12. The molecule has 228 valence electrons. The van der Waals surface area contributed by atoms with Crippen molar-refractivity contribution < 1.29 is 28.7 Å². The van der Waals surface area contributed by atoms with Crippen LogP contribution in [0, 0.1) is 5.92 Å². The van der Waals surface area contributed by atoms with E-state index >= 15 is 0 Å². The number of nitrogens with zero attached hydrogens (tertiary/aromatic N) is 2. The number of rotatable bonds is 8. The molecule has 0 radical (unpaired) electrons. The zero-order valence-electron chi connectivity index (χ0n) is 24.8. The molecule has 44 heavy (non-hydrogen) atoms. The fraction of sp³-hybridized carbons (Fsp3) is 0.371. The molecule has 2 heterocycles. The highest BCUT2D eigenvalue weighted by Gasteiger charge is 2.44. The van der Waals surface area contributed by atoms with E-state index in [4.69, 9.17) is 9.47 Å². The van der Waals surface area contributed by atoms with Crippen molar-refractivity contribution in [2.75, 3.05) is 26.2 Å². The van der Waals surface area contributed by atoms with Gasteiger partial charge >= 0.3 is 12.1 Å². The van der Waals surface area contributed by atoms with Crippen LogP contribution in [-0.4, -0.2) is 72.0 Å². The van der Waals surface area contributed by atoms with E-state index in [9.17, 15) is 19.2 Å². The van der Waals surface area contributed by atoms with Gasteiger partial charge in [-0.1, -0.05) is 85.8 Å². The molecule has 9 heteroatoms. The number of hydrogen-bond donors (Lipinski definition) is 1. The summed E-state index contributed by atoms with van der Waals surface area (Å²) in [6.45, 7) is 2.56. The number of likely N-dealkylation sites (tertiary alicyclic amines) is 1. The zero-order chi connectivity index (χ0) is 30.6. The number of carbonyl (C=O) groups excluding carboxylic acids is 4. The molecule has 1 N–H and O–H groups in total. The van der Waals surface area contributed by atoms with Crippen LogP contribution in [0.4, 0.5) is 4.79 Å². The molecule has 6 rings (SSSR count). The predicted molar refractivity (Wildman–Crippen MR) is 163 cm³/mol. The number of amides is 3. The summed E-state index contributed by atoms with van der Waals surface area (Å²) in [6, 6.07) is 23.9. The minimum absolute atomic E-state index is 0.0102. The Kier molecular flexibility index (Phi) is 8.74. The van der Waals surface area contributed by atoms with Crippen LogP contribution in [0.2, 0.25) is 0 Å². The van der Waals surface area contributed by atoms with Gasteiger partial charge in [0.25, 0.3) is 5.91 Å². The topological polar surface area (TPSA) is 105 Å².